The number of rotatable bonds is 9. The zero-order valence-corrected chi connectivity index (χ0v) is 19.5. The number of aliphatic imine (C=N–C) groups is 1. The van der Waals surface area contributed by atoms with E-state index in [1.807, 2.05) is 30.3 Å². The summed E-state index contributed by atoms with van der Waals surface area (Å²) in [6, 6.07) is 0. The minimum absolute atomic E-state index is 0. The van der Waals surface area contributed by atoms with Crippen LogP contribution in [0.25, 0.3) is 0 Å². The van der Waals surface area contributed by atoms with Gasteiger partial charge in [-0.3, -0.25) is 0 Å². The summed E-state index contributed by atoms with van der Waals surface area (Å²) in [6.07, 6.45) is 4.44. The first-order valence-electron chi connectivity index (χ1n) is 9.10. The smallest absolute Gasteiger partial charge is 0.194 e. The molecule has 7 nitrogen and oxygen atoms in total. The quantitative estimate of drug-likeness (QED) is 0.245. The van der Waals surface area contributed by atoms with Crippen LogP contribution in [0, 0.1) is 12.8 Å². The average Bonchev–Trinajstić information content (AvgIpc) is 3.21. The number of hydrogen-bond acceptors (Lipinski definition) is 5. The molecule has 1 atom stereocenters. The van der Waals surface area contributed by atoms with Crippen molar-refractivity contribution < 1.29 is 4.74 Å². The zero-order chi connectivity index (χ0) is 18.1. The van der Waals surface area contributed by atoms with Crippen molar-refractivity contribution in [3.05, 3.63) is 11.6 Å². The van der Waals surface area contributed by atoms with Crippen LogP contribution in [-0.2, 0) is 18.3 Å². The molecule has 0 aliphatic carbocycles. The summed E-state index contributed by atoms with van der Waals surface area (Å²) in [4.78, 5) is 7.18. The molecule has 1 aromatic heterocycles. The first-order chi connectivity index (χ1) is 12.2. The van der Waals surface area contributed by atoms with Gasteiger partial charge >= 0.3 is 0 Å². The second kappa shape index (κ2) is 12.8. The van der Waals surface area contributed by atoms with Crippen LogP contribution in [0.2, 0.25) is 0 Å². The summed E-state index contributed by atoms with van der Waals surface area (Å²) in [5.41, 5.74) is 0. The summed E-state index contributed by atoms with van der Waals surface area (Å²) in [7, 11) is 1.99. The van der Waals surface area contributed by atoms with E-state index in [1.165, 1.54) is 0 Å². The molecule has 1 unspecified atom stereocenters. The number of guanidine groups is 1. The molecule has 0 radical (unpaired) electrons. The van der Waals surface area contributed by atoms with Gasteiger partial charge in [-0.2, -0.15) is 11.8 Å². The van der Waals surface area contributed by atoms with Gasteiger partial charge < -0.3 is 19.5 Å². The van der Waals surface area contributed by atoms with Crippen molar-refractivity contribution >= 4 is 41.7 Å². The van der Waals surface area contributed by atoms with E-state index in [2.05, 4.69) is 33.6 Å². The molecule has 1 aromatic rings. The van der Waals surface area contributed by atoms with Gasteiger partial charge in [-0.15, -0.1) is 34.2 Å². The number of nitrogens with one attached hydrogen (secondary N) is 1. The maximum atomic E-state index is 5.60. The molecule has 1 N–H and O–H groups in total. The van der Waals surface area contributed by atoms with Crippen LogP contribution in [-0.4, -0.2) is 70.5 Å². The fourth-order valence-electron chi connectivity index (χ4n) is 2.86. The Hall–Kier alpha value is -0.550. The number of ether oxygens (including phenoxy) is 1. The predicted octanol–water partition coefficient (Wildman–Crippen LogP) is 2.30. The van der Waals surface area contributed by atoms with Crippen LogP contribution in [0.15, 0.2) is 4.99 Å². The first-order valence-corrected chi connectivity index (χ1v) is 10.5. The summed E-state index contributed by atoms with van der Waals surface area (Å²) >= 11 is 1.88. The molecule has 0 bridgehead atoms. The van der Waals surface area contributed by atoms with Gasteiger partial charge in [0.1, 0.15) is 12.4 Å². The summed E-state index contributed by atoms with van der Waals surface area (Å²) < 4.78 is 7.59. The lowest BCUT2D eigenvalue weighted by Gasteiger charge is -2.22. The van der Waals surface area contributed by atoms with Gasteiger partial charge in [0.25, 0.3) is 0 Å². The maximum Gasteiger partial charge on any atom is 0.194 e. The molecule has 1 fully saturated rings. The molecule has 1 aliphatic heterocycles. The van der Waals surface area contributed by atoms with Crippen molar-refractivity contribution in [2.24, 2.45) is 18.0 Å². The monoisotopic (exact) mass is 496 g/mol. The Bertz CT molecular complexity index is 553. The molecule has 9 heteroatoms. The van der Waals surface area contributed by atoms with E-state index in [-0.39, 0.29) is 24.0 Å². The topological polar surface area (TPSA) is 67.6 Å². The van der Waals surface area contributed by atoms with Gasteiger partial charge in [0, 0.05) is 39.2 Å². The predicted molar refractivity (Wildman–Crippen MR) is 119 cm³/mol. The van der Waals surface area contributed by atoms with E-state index in [4.69, 9.17) is 9.73 Å². The number of hydrogen-bond donors (Lipinski definition) is 1. The number of halogens is 1. The SMILES string of the molecule is CCOCC1CCN(C(=NCc2nnc(C)n2C)NCCCSC)C1.I. The highest BCUT2D eigenvalue weighted by atomic mass is 127. The van der Waals surface area contributed by atoms with Gasteiger partial charge in [0.15, 0.2) is 11.8 Å². The van der Waals surface area contributed by atoms with E-state index >= 15 is 0 Å². The van der Waals surface area contributed by atoms with Crippen LogP contribution in [0.4, 0.5) is 0 Å². The van der Waals surface area contributed by atoms with Gasteiger partial charge in [-0.05, 0) is 38.7 Å². The van der Waals surface area contributed by atoms with Crippen LogP contribution >= 0.6 is 35.7 Å². The molecule has 150 valence electrons. The number of aromatic nitrogens is 3. The highest BCUT2D eigenvalue weighted by Gasteiger charge is 2.25. The summed E-state index contributed by atoms with van der Waals surface area (Å²) in [5.74, 6) is 4.55. The zero-order valence-electron chi connectivity index (χ0n) is 16.4. The summed E-state index contributed by atoms with van der Waals surface area (Å²) in [6.45, 7) is 9.18. The van der Waals surface area contributed by atoms with E-state index in [1.54, 1.807) is 0 Å². The van der Waals surface area contributed by atoms with E-state index < -0.39 is 0 Å². The lowest BCUT2D eigenvalue weighted by Crippen LogP contribution is -2.41. The molecule has 0 aromatic carbocycles. The van der Waals surface area contributed by atoms with Gasteiger partial charge in [-0.1, -0.05) is 0 Å². The van der Waals surface area contributed by atoms with Crippen molar-refractivity contribution in [1.82, 2.24) is 25.0 Å². The largest absolute Gasteiger partial charge is 0.381 e. The minimum atomic E-state index is 0. The lowest BCUT2D eigenvalue weighted by molar-refractivity contribution is 0.114. The highest BCUT2D eigenvalue weighted by molar-refractivity contribution is 14.0. The van der Waals surface area contributed by atoms with Crippen molar-refractivity contribution in [3.63, 3.8) is 0 Å². The number of aryl methyl sites for hydroxylation is 1. The molecule has 1 aliphatic rings. The molecule has 2 rings (SSSR count). The second-order valence-electron chi connectivity index (χ2n) is 6.40. The Labute approximate surface area is 178 Å². The van der Waals surface area contributed by atoms with E-state index in [9.17, 15) is 0 Å². The minimum Gasteiger partial charge on any atom is -0.381 e. The standard InChI is InChI=1S/C17H32N6OS.HI/c1-5-24-13-15-7-9-23(12-15)17(18-8-6-10-25-4)19-11-16-21-20-14(2)22(16)3;/h15H,5-13H2,1-4H3,(H,18,19);1H. The molecule has 2 heterocycles. The fraction of sp³-hybridized carbons (Fsp3) is 0.824. The maximum absolute atomic E-state index is 5.60. The third-order valence-electron chi connectivity index (χ3n) is 4.50. The van der Waals surface area contributed by atoms with Crippen LogP contribution in [0.5, 0.6) is 0 Å². The Morgan fingerprint density at radius 1 is 1.42 bits per heavy atom. The van der Waals surface area contributed by atoms with E-state index in [0.29, 0.717) is 12.5 Å². The third kappa shape index (κ3) is 7.22. The average molecular weight is 496 g/mol. The Kier molecular flexibility index (Phi) is 11.5. The fourth-order valence-corrected chi connectivity index (χ4v) is 3.30. The van der Waals surface area contributed by atoms with Crippen molar-refractivity contribution in [2.75, 3.05) is 44.9 Å². The van der Waals surface area contributed by atoms with Gasteiger partial charge in [-0.25, -0.2) is 4.99 Å². The van der Waals surface area contributed by atoms with Gasteiger partial charge in [0.2, 0.25) is 0 Å². The molecule has 26 heavy (non-hydrogen) atoms. The summed E-state index contributed by atoms with van der Waals surface area (Å²) in [5, 5.41) is 11.9. The molecular formula is C17H33IN6OS. The van der Waals surface area contributed by atoms with Crippen LogP contribution < -0.4 is 5.32 Å². The Balaban J connectivity index is 0.00000338. The third-order valence-corrected chi connectivity index (χ3v) is 5.20. The molecule has 0 saturated carbocycles. The Morgan fingerprint density at radius 3 is 2.88 bits per heavy atom. The number of likely N-dealkylation sites (tertiary alicyclic amines) is 1. The molecule has 0 spiro atoms. The van der Waals surface area contributed by atoms with Crippen molar-refractivity contribution in [2.45, 2.75) is 33.2 Å². The Morgan fingerprint density at radius 2 is 2.23 bits per heavy atom. The van der Waals surface area contributed by atoms with E-state index in [0.717, 1.165) is 69.1 Å². The number of nitrogens with zero attached hydrogens (tertiary/aromatic N) is 5. The van der Waals surface area contributed by atoms with Crippen molar-refractivity contribution in [3.8, 4) is 0 Å². The normalized spacial score (nSPS) is 17.5. The molecule has 0 amide bonds. The first kappa shape index (κ1) is 23.5. The van der Waals surface area contributed by atoms with Crippen LogP contribution in [0.1, 0.15) is 31.4 Å². The van der Waals surface area contributed by atoms with Crippen LogP contribution in [0.3, 0.4) is 0 Å². The number of thioether (sulfide) groups is 1. The molecular weight excluding hydrogens is 463 g/mol. The lowest BCUT2D eigenvalue weighted by atomic mass is 10.1. The highest BCUT2D eigenvalue weighted by Crippen LogP contribution is 2.17. The molecule has 1 saturated heterocycles. The van der Waals surface area contributed by atoms with Crippen molar-refractivity contribution in [1.29, 1.82) is 0 Å². The van der Waals surface area contributed by atoms with Gasteiger partial charge in [0.05, 0.1) is 6.61 Å². The second-order valence-corrected chi connectivity index (χ2v) is 7.38.